The molecule has 2 aromatic carbocycles. The van der Waals surface area contributed by atoms with Crippen molar-refractivity contribution in [2.45, 2.75) is 6.54 Å². The lowest BCUT2D eigenvalue weighted by Gasteiger charge is -2.20. The molecule has 0 amide bonds. The van der Waals surface area contributed by atoms with Crippen LogP contribution in [0.4, 0.5) is 10.1 Å². The second-order valence-corrected chi connectivity index (χ2v) is 4.79. The van der Waals surface area contributed by atoms with E-state index < -0.39 is 12.9 Å². The number of anilines is 1. The van der Waals surface area contributed by atoms with E-state index in [4.69, 9.17) is 14.8 Å². The lowest BCUT2D eigenvalue weighted by Crippen LogP contribution is -2.33. The maximum atomic E-state index is 13.4. The van der Waals surface area contributed by atoms with Crippen molar-refractivity contribution in [2.75, 3.05) is 19.1 Å². The molecular formula is C15H17BFNO3. The third-order valence-electron chi connectivity index (χ3n) is 3.25. The summed E-state index contributed by atoms with van der Waals surface area (Å²) in [5.41, 5.74) is 1.61. The van der Waals surface area contributed by atoms with Crippen LogP contribution in [0.25, 0.3) is 0 Å². The van der Waals surface area contributed by atoms with Crippen molar-refractivity contribution in [2.24, 2.45) is 0 Å². The minimum Gasteiger partial charge on any atom is -0.497 e. The van der Waals surface area contributed by atoms with Crippen molar-refractivity contribution in [3.05, 3.63) is 53.8 Å². The van der Waals surface area contributed by atoms with E-state index in [0.29, 0.717) is 6.54 Å². The Balaban J connectivity index is 2.19. The number of rotatable bonds is 5. The Kier molecular flexibility index (Phi) is 4.83. The highest BCUT2D eigenvalue weighted by atomic mass is 19.1. The molecule has 2 N–H and O–H groups in total. The van der Waals surface area contributed by atoms with E-state index in [0.717, 1.165) is 17.0 Å². The van der Waals surface area contributed by atoms with Crippen LogP contribution in [0.5, 0.6) is 5.75 Å². The predicted octanol–water partition coefficient (Wildman–Crippen LogP) is 1.15. The van der Waals surface area contributed by atoms with Crippen LogP contribution in [0.3, 0.4) is 0 Å². The van der Waals surface area contributed by atoms with Crippen LogP contribution in [0.2, 0.25) is 0 Å². The molecular weight excluding hydrogens is 272 g/mol. The molecule has 4 nitrogen and oxygen atoms in total. The van der Waals surface area contributed by atoms with Gasteiger partial charge in [0, 0.05) is 30.8 Å². The fourth-order valence-corrected chi connectivity index (χ4v) is 2.10. The van der Waals surface area contributed by atoms with Gasteiger partial charge < -0.3 is 19.7 Å². The molecule has 6 heteroatoms. The van der Waals surface area contributed by atoms with Gasteiger partial charge in [-0.25, -0.2) is 4.39 Å². The molecule has 0 aliphatic carbocycles. The van der Waals surface area contributed by atoms with Crippen molar-refractivity contribution in [3.8, 4) is 5.75 Å². The Morgan fingerprint density at radius 1 is 1.19 bits per heavy atom. The average Bonchev–Trinajstić information content (AvgIpc) is 2.49. The molecule has 0 aliphatic rings. The molecule has 0 saturated carbocycles. The normalized spacial score (nSPS) is 10.3. The van der Waals surface area contributed by atoms with E-state index in [-0.39, 0.29) is 5.46 Å². The number of halogens is 1. The molecule has 0 heterocycles. The molecule has 0 fully saturated rings. The zero-order valence-corrected chi connectivity index (χ0v) is 12.0. The van der Waals surface area contributed by atoms with Gasteiger partial charge in [-0.15, -0.1) is 0 Å². The van der Waals surface area contributed by atoms with E-state index in [9.17, 15) is 4.39 Å². The van der Waals surface area contributed by atoms with Crippen LogP contribution in [-0.2, 0) is 6.54 Å². The Morgan fingerprint density at radius 2 is 1.95 bits per heavy atom. The Hall–Kier alpha value is -2.05. The largest absolute Gasteiger partial charge is 0.497 e. The number of benzene rings is 2. The highest BCUT2D eigenvalue weighted by Gasteiger charge is 2.17. The lowest BCUT2D eigenvalue weighted by atomic mass is 9.79. The van der Waals surface area contributed by atoms with Gasteiger partial charge >= 0.3 is 7.12 Å². The first kappa shape index (κ1) is 15.3. The molecule has 0 atom stereocenters. The summed E-state index contributed by atoms with van der Waals surface area (Å²) in [5.74, 6) is 0.128. The quantitative estimate of drug-likeness (QED) is 0.811. The van der Waals surface area contributed by atoms with Crippen LogP contribution in [0.1, 0.15) is 5.56 Å². The van der Waals surface area contributed by atoms with Gasteiger partial charge in [-0.2, -0.15) is 0 Å². The fraction of sp³-hybridized carbons (Fsp3) is 0.200. The minimum atomic E-state index is -1.81. The highest BCUT2D eigenvalue weighted by molar-refractivity contribution is 6.58. The Bertz CT molecular complexity index is 622. The first-order chi connectivity index (χ1) is 10.0. The minimum absolute atomic E-state index is 0.119. The summed E-state index contributed by atoms with van der Waals surface area (Å²) in [6.07, 6.45) is 0. The number of methoxy groups -OCH3 is 1. The van der Waals surface area contributed by atoms with E-state index in [2.05, 4.69) is 0 Å². The van der Waals surface area contributed by atoms with Crippen molar-refractivity contribution in [1.82, 2.24) is 0 Å². The van der Waals surface area contributed by atoms with Crippen molar-refractivity contribution < 1.29 is 19.2 Å². The molecule has 2 aromatic rings. The van der Waals surface area contributed by atoms with Crippen molar-refractivity contribution in [3.63, 3.8) is 0 Å². The molecule has 0 aliphatic heterocycles. The third kappa shape index (κ3) is 3.74. The second kappa shape index (κ2) is 6.60. The SMILES string of the molecule is COc1cccc(N(C)Cc2ccc(F)c(B(O)O)c2)c1. The van der Waals surface area contributed by atoms with Gasteiger partial charge in [-0.3, -0.25) is 0 Å². The summed E-state index contributed by atoms with van der Waals surface area (Å²) in [7, 11) is 1.69. The molecule has 0 bridgehead atoms. The summed E-state index contributed by atoms with van der Waals surface area (Å²) in [4.78, 5) is 1.96. The second-order valence-electron chi connectivity index (χ2n) is 4.79. The molecule has 2 rings (SSSR count). The van der Waals surface area contributed by atoms with Gasteiger partial charge in [0.25, 0.3) is 0 Å². The molecule has 0 unspecified atom stereocenters. The van der Waals surface area contributed by atoms with Crippen LogP contribution >= 0.6 is 0 Å². The van der Waals surface area contributed by atoms with Crippen LogP contribution in [-0.4, -0.2) is 31.3 Å². The average molecular weight is 289 g/mol. The molecule has 21 heavy (non-hydrogen) atoms. The van der Waals surface area contributed by atoms with Gasteiger partial charge in [-0.1, -0.05) is 18.2 Å². The monoisotopic (exact) mass is 289 g/mol. The summed E-state index contributed by atoms with van der Waals surface area (Å²) >= 11 is 0. The predicted molar refractivity (Wildman–Crippen MR) is 81.3 cm³/mol. The van der Waals surface area contributed by atoms with Crippen molar-refractivity contribution >= 4 is 18.3 Å². The third-order valence-corrected chi connectivity index (χ3v) is 3.25. The summed E-state index contributed by atoms with van der Waals surface area (Å²) in [6.45, 7) is 0.507. The fourth-order valence-electron chi connectivity index (χ4n) is 2.10. The first-order valence-electron chi connectivity index (χ1n) is 6.51. The molecule has 0 aromatic heterocycles. The Morgan fingerprint density at radius 3 is 2.62 bits per heavy atom. The zero-order chi connectivity index (χ0) is 15.4. The molecule has 0 radical (unpaired) electrons. The van der Waals surface area contributed by atoms with Gasteiger partial charge in [0.05, 0.1) is 7.11 Å². The van der Waals surface area contributed by atoms with E-state index >= 15 is 0 Å². The number of hydrogen-bond acceptors (Lipinski definition) is 4. The number of nitrogens with zero attached hydrogens (tertiary/aromatic N) is 1. The lowest BCUT2D eigenvalue weighted by molar-refractivity contribution is 0.415. The number of ether oxygens (including phenoxy) is 1. The van der Waals surface area contributed by atoms with Crippen LogP contribution < -0.4 is 15.1 Å². The van der Waals surface area contributed by atoms with Crippen LogP contribution in [0, 0.1) is 5.82 Å². The molecule has 110 valence electrons. The van der Waals surface area contributed by atoms with Crippen LogP contribution in [0.15, 0.2) is 42.5 Å². The number of hydrogen-bond donors (Lipinski definition) is 2. The standard InChI is InChI=1S/C15H17BFNO3/c1-18(12-4-3-5-13(9-12)21-2)10-11-6-7-15(17)14(8-11)16(19)20/h3-9,19-20H,10H2,1-2H3. The van der Waals surface area contributed by atoms with Gasteiger partial charge in [0.2, 0.25) is 0 Å². The first-order valence-corrected chi connectivity index (χ1v) is 6.51. The topological polar surface area (TPSA) is 52.9 Å². The summed E-state index contributed by atoms with van der Waals surface area (Å²) < 4.78 is 18.6. The maximum Gasteiger partial charge on any atom is 0.491 e. The summed E-state index contributed by atoms with van der Waals surface area (Å²) in [6, 6.07) is 11.9. The molecule has 0 saturated heterocycles. The van der Waals surface area contributed by atoms with Gasteiger partial charge in [0.1, 0.15) is 11.6 Å². The smallest absolute Gasteiger partial charge is 0.491 e. The highest BCUT2D eigenvalue weighted by Crippen LogP contribution is 2.21. The zero-order valence-electron chi connectivity index (χ0n) is 12.0. The maximum absolute atomic E-state index is 13.4. The summed E-state index contributed by atoms with van der Waals surface area (Å²) in [5, 5.41) is 18.3. The van der Waals surface area contributed by atoms with Gasteiger partial charge in [-0.05, 0) is 23.8 Å². The Labute approximate surface area is 123 Å². The molecule has 0 spiro atoms. The van der Waals surface area contributed by atoms with Crippen molar-refractivity contribution in [1.29, 1.82) is 0 Å². The van der Waals surface area contributed by atoms with Gasteiger partial charge in [0.15, 0.2) is 0 Å². The van der Waals surface area contributed by atoms with E-state index in [1.807, 2.05) is 36.2 Å². The van der Waals surface area contributed by atoms with E-state index in [1.54, 1.807) is 13.2 Å². The van der Waals surface area contributed by atoms with E-state index in [1.165, 1.54) is 12.1 Å².